The van der Waals surface area contributed by atoms with E-state index in [9.17, 15) is 9.59 Å². The lowest BCUT2D eigenvalue weighted by Gasteiger charge is -2.19. The standard InChI is InChI=1S/C20H23N5O2/c1-5-6-10-25-18(26)16-17(22(4)20(25)27)21-19-23(11-12-24(16)19)15-9-7-8-13(2)14(15)3/h5-9H,10-12H2,1-4H3. The molecule has 0 atom stereocenters. The van der Waals surface area contributed by atoms with E-state index in [2.05, 4.69) is 35.9 Å². The van der Waals surface area contributed by atoms with Crippen LogP contribution in [0.3, 0.4) is 0 Å². The van der Waals surface area contributed by atoms with E-state index in [1.807, 2.05) is 23.6 Å². The van der Waals surface area contributed by atoms with Crippen LogP contribution in [0.4, 0.5) is 11.6 Å². The van der Waals surface area contributed by atoms with Gasteiger partial charge in [-0.1, -0.05) is 24.3 Å². The first-order valence-electron chi connectivity index (χ1n) is 9.10. The van der Waals surface area contributed by atoms with Gasteiger partial charge in [-0.3, -0.25) is 13.9 Å². The van der Waals surface area contributed by atoms with Gasteiger partial charge in [0.1, 0.15) is 0 Å². The van der Waals surface area contributed by atoms with Crippen LogP contribution in [-0.2, 0) is 20.1 Å². The number of benzene rings is 1. The summed E-state index contributed by atoms with van der Waals surface area (Å²) in [4.78, 5) is 32.5. The third-order valence-electron chi connectivity index (χ3n) is 5.39. The Labute approximate surface area is 156 Å². The van der Waals surface area contributed by atoms with Gasteiger partial charge >= 0.3 is 5.69 Å². The molecule has 7 heteroatoms. The first-order valence-corrected chi connectivity index (χ1v) is 9.10. The Hall–Kier alpha value is -3.09. The fourth-order valence-corrected chi connectivity index (χ4v) is 3.71. The molecule has 1 aliphatic heterocycles. The van der Waals surface area contributed by atoms with Crippen molar-refractivity contribution in [2.45, 2.75) is 33.9 Å². The molecule has 3 heterocycles. The van der Waals surface area contributed by atoms with Gasteiger partial charge in [0.25, 0.3) is 5.56 Å². The molecule has 1 aromatic carbocycles. The number of anilines is 2. The summed E-state index contributed by atoms with van der Waals surface area (Å²) in [6.45, 7) is 7.72. The third kappa shape index (κ3) is 2.45. The summed E-state index contributed by atoms with van der Waals surface area (Å²) in [6, 6.07) is 6.19. The maximum absolute atomic E-state index is 13.0. The molecule has 0 amide bonds. The highest BCUT2D eigenvalue weighted by atomic mass is 16.2. The van der Waals surface area contributed by atoms with Crippen LogP contribution in [0.5, 0.6) is 0 Å². The Bertz CT molecular complexity index is 1200. The normalized spacial score (nSPS) is 13.9. The largest absolute Gasteiger partial charge is 0.332 e. The molecule has 0 saturated carbocycles. The van der Waals surface area contributed by atoms with E-state index in [0.29, 0.717) is 17.7 Å². The monoisotopic (exact) mass is 365 g/mol. The number of imidazole rings is 1. The van der Waals surface area contributed by atoms with Crippen LogP contribution >= 0.6 is 0 Å². The van der Waals surface area contributed by atoms with E-state index in [1.54, 1.807) is 13.1 Å². The van der Waals surface area contributed by atoms with Gasteiger partial charge in [0, 0.05) is 32.4 Å². The molecular weight excluding hydrogens is 342 g/mol. The molecule has 1 aliphatic rings. The van der Waals surface area contributed by atoms with Crippen LogP contribution in [-0.4, -0.2) is 25.2 Å². The summed E-state index contributed by atoms with van der Waals surface area (Å²) in [5.74, 6) is 0.717. The molecule has 140 valence electrons. The second-order valence-corrected chi connectivity index (χ2v) is 6.93. The molecule has 0 radical (unpaired) electrons. The van der Waals surface area contributed by atoms with Gasteiger partial charge in [-0.2, -0.15) is 4.98 Å². The lowest BCUT2D eigenvalue weighted by atomic mass is 10.1. The van der Waals surface area contributed by atoms with Gasteiger partial charge in [0.05, 0.1) is 0 Å². The lowest BCUT2D eigenvalue weighted by Crippen LogP contribution is -2.39. The highest BCUT2D eigenvalue weighted by Gasteiger charge is 2.29. The van der Waals surface area contributed by atoms with Crippen LogP contribution in [0.1, 0.15) is 18.1 Å². The van der Waals surface area contributed by atoms with E-state index < -0.39 is 0 Å². The molecule has 0 aliphatic carbocycles. The Morgan fingerprint density at radius 1 is 1.19 bits per heavy atom. The minimum absolute atomic E-state index is 0.263. The molecule has 3 aromatic rings. The smallest absolute Gasteiger partial charge is 0.310 e. The van der Waals surface area contributed by atoms with Crippen molar-refractivity contribution < 1.29 is 0 Å². The minimum atomic E-state index is -0.347. The van der Waals surface area contributed by atoms with Crippen molar-refractivity contribution in [3.8, 4) is 0 Å². The van der Waals surface area contributed by atoms with Gasteiger partial charge in [0.15, 0.2) is 11.2 Å². The summed E-state index contributed by atoms with van der Waals surface area (Å²) >= 11 is 0. The quantitative estimate of drug-likeness (QED) is 0.668. The van der Waals surface area contributed by atoms with Crippen molar-refractivity contribution in [3.05, 3.63) is 62.3 Å². The van der Waals surface area contributed by atoms with Crippen molar-refractivity contribution >= 4 is 22.8 Å². The highest BCUT2D eigenvalue weighted by Crippen LogP contribution is 2.34. The average Bonchev–Trinajstić information content (AvgIpc) is 3.21. The van der Waals surface area contributed by atoms with Crippen molar-refractivity contribution in [2.24, 2.45) is 7.05 Å². The topological polar surface area (TPSA) is 65.1 Å². The molecule has 0 spiro atoms. The maximum Gasteiger partial charge on any atom is 0.332 e. The summed E-state index contributed by atoms with van der Waals surface area (Å²) in [7, 11) is 1.67. The van der Waals surface area contributed by atoms with Gasteiger partial charge in [0.2, 0.25) is 5.95 Å². The zero-order valence-corrected chi connectivity index (χ0v) is 16.1. The number of allylic oxidation sites excluding steroid dienone is 2. The molecule has 0 fully saturated rings. The number of hydrogen-bond donors (Lipinski definition) is 0. The molecule has 0 unspecified atom stereocenters. The average molecular weight is 365 g/mol. The zero-order valence-electron chi connectivity index (χ0n) is 16.1. The Kier molecular flexibility index (Phi) is 4.02. The predicted octanol–water partition coefficient (Wildman–Crippen LogP) is 2.24. The van der Waals surface area contributed by atoms with Gasteiger partial charge in [-0.15, -0.1) is 0 Å². The zero-order chi connectivity index (χ0) is 19.3. The second kappa shape index (κ2) is 6.26. The number of aryl methyl sites for hydroxylation is 2. The fourth-order valence-electron chi connectivity index (χ4n) is 3.71. The van der Waals surface area contributed by atoms with Crippen molar-refractivity contribution in [3.63, 3.8) is 0 Å². The highest BCUT2D eigenvalue weighted by molar-refractivity contribution is 5.78. The maximum atomic E-state index is 13.0. The molecule has 0 N–H and O–H groups in total. The van der Waals surface area contributed by atoms with Crippen LogP contribution in [0.2, 0.25) is 0 Å². The minimum Gasteiger partial charge on any atom is -0.310 e. The summed E-state index contributed by atoms with van der Waals surface area (Å²) in [6.07, 6.45) is 3.64. The molecule has 0 bridgehead atoms. The van der Waals surface area contributed by atoms with Crippen molar-refractivity contribution in [1.29, 1.82) is 0 Å². The number of fused-ring (bicyclic) bond motifs is 3. The third-order valence-corrected chi connectivity index (χ3v) is 5.39. The van der Waals surface area contributed by atoms with Crippen LogP contribution in [0, 0.1) is 13.8 Å². The summed E-state index contributed by atoms with van der Waals surface area (Å²) in [5, 5.41) is 0. The Balaban J connectivity index is 1.97. The first-order chi connectivity index (χ1) is 13.0. The van der Waals surface area contributed by atoms with Crippen molar-refractivity contribution in [2.75, 3.05) is 11.4 Å². The Morgan fingerprint density at radius 2 is 1.96 bits per heavy atom. The molecule has 2 aromatic heterocycles. The van der Waals surface area contributed by atoms with E-state index in [-0.39, 0.29) is 17.8 Å². The van der Waals surface area contributed by atoms with Crippen LogP contribution in [0.15, 0.2) is 39.9 Å². The van der Waals surface area contributed by atoms with E-state index in [1.165, 1.54) is 20.3 Å². The molecular formula is C20H23N5O2. The summed E-state index contributed by atoms with van der Waals surface area (Å²) in [5.41, 5.74) is 3.79. The molecule has 7 nitrogen and oxygen atoms in total. The predicted molar refractivity (Wildman–Crippen MR) is 107 cm³/mol. The van der Waals surface area contributed by atoms with E-state index in [0.717, 1.165) is 18.2 Å². The SMILES string of the molecule is CC=CCn1c(=O)c2c(nc3n2CCN3c2cccc(C)c2C)n(C)c1=O. The van der Waals surface area contributed by atoms with E-state index in [4.69, 9.17) is 0 Å². The number of hydrogen-bond acceptors (Lipinski definition) is 4. The van der Waals surface area contributed by atoms with Gasteiger partial charge in [-0.05, 0) is 38.0 Å². The number of rotatable bonds is 3. The fraction of sp³-hybridized carbons (Fsp3) is 0.350. The van der Waals surface area contributed by atoms with Gasteiger partial charge < -0.3 is 9.47 Å². The Morgan fingerprint density at radius 3 is 2.70 bits per heavy atom. The van der Waals surface area contributed by atoms with E-state index >= 15 is 0 Å². The number of nitrogens with zero attached hydrogens (tertiary/aromatic N) is 5. The van der Waals surface area contributed by atoms with Crippen LogP contribution < -0.4 is 16.1 Å². The first kappa shape index (κ1) is 17.3. The molecule has 4 rings (SSSR count). The summed E-state index contributed by atoms with van der Waals surface area (Å²) < 4.78 is 4.66. The van der Waals surface area contributed by atoms with Crippen LogP contribution in [0.25, 0.3) is 11.2 Å². The van der Waals surface area contributed by atoms with Gasteiger partial charge in [-0.25, -0.2) is 4.79 Å². The molecule has 27 heavy (non-hydrogen) atoms. The second-order valence-electron chi connectivity index (χ2n) is 6.93. The van der Waals surface area contributed by atoms with Crippen molar-refractivity contribution in [1.82, 2.24) is 18.7 Å². The number of aromatic nitrogens is 4. The lowest BCUT2D eigenvalue weighted by molar-refractivity contribution is 0.661. The molecule has 0 saturated heterocycles.